The lowest BCUT2D eigenvalue weighted by atomic mass is 10.2. The predicted molar refractivity (Wildman–Crippen MR) is 58.3 cm³/mol. The number of hydrogen-bond acceptors (Lipinski definition) is 4. The Bertz CT molecular complexity index is 473. The monoisotopic (exact) mass is 218 g/mol. The van der Waals surface area contributed by atoms with E-state index >= 15 is 0 Å². The summed E-state index contributed by atoms with van der Waals surface area (Å²) in [4.78, 5) is 11.5. The molecular formula is C11H11FN4. The number of halogens is 1. The summed E-state index contributed by atoms with van der Waals surface area (Å²) in [5, 5.41) is 2.92. The minimum atomic E-state index is -0.406. The van der Waals surface area contributed by atoms with Crippen LogP contribution >= 0.6 is 0 Å². The van der Waals surface area contributed by atoms with Gasteiger partial charge in [-0.2, -0.15) is 0 Å². The van der Waals surface area contributed by atoms with Crippen LogP contribution in [0.1, 0.15) is 11.3 Å². The first-order valence-electron chi connectivity index (χ1n) is 4.87. The van der Waals surface area contributed by atoms with E-state index in [4.69, 9.17) is 0 Å². The van der Waals surface area contributed by atoms with Crippen LogP contribution in [0.3, 0.4) is 0 Å². The number of aryl methyl sites for hydroxylation is 1. The van der Waals surface area contributed by atoms with Crippen LogP contribution < -0.4 is 5.32 Å². The van der Waals surface area contributed by atoms with E-state index in [2.05, 4.69) is 20.3 Å². The van der Waals surface area contributed by atoms with E-state index < -0.39 is 5.82 Å². The van der Waals surface area contributed by atoms with Crippen LogP contribution in [0.5, 0.6) is 0 Å². The van der Waals surface area contributed by atoms with Crippen molar-refractivity contribution in [1.82, 2.24) is 15.0 Å². The van der Waals surface area contributed by atoms with Crippen molar-refractivity contribution in [3.8, 4) is 0 Å². The number of pyridine rings is 1. The Hall–Kier alpha value is -2.04. The van der Waals surface area contributed by atoms with Gasteiger partial charge in [0.2, 0.25) is 0 Å². The fraction of sp³-hybridized carbons (Fsp3) is 0.182. The van der Waals surface area contributed by atoms with E-state index in [0.717, 1.165) is 5.56 Å². The highest BCUT2D eigenvalue weighted by Crippen LogP contribution is 2.12. The van der Waals surface area contributed by atoms with E-state index in [0.29, 0.717) is 12.2 Å². The van der Waals surface area contributed by atoms with Gasteiger partial charge < -0.3 is 5.32 Å². The molecule has 82 valence electrons. The van der Waals surface area contributed by atoms with Crippen LogP contribution in [-0.4, -0.2) is 15.0 Å². The molecule has 2 rings (SSSR count). The third-order valence-corrected chi connectivity index (χ3v) is 2.17. The molecule has 1 N–H and O–H groups in total. The molecule has 2 aromatic rings. The second-order valence-corrected chi connectivity index (χ2v) is 3.33. The van der Waals surface area contributed by atoms with E-state index in [1.54, 1.807) is 19.3 Å². The second-order valence-electron chi connectivity index (χ2n) is 3.33. The average molecular weight is 218 g/mol. The number of aromatic nitrogens is 3. The molecule has 0 aliphatic carbocycles. The van der Waals surface area contributed by atoms with Gasteiger partial charge in [0.1, 0.15) is 6.33 Å². The van der Waals surface area contributed by atoms with E-state index in [-0.39, 0.29) is 5.82 Å². The summed E-state index contributed by atoms with van der Waals surface area (Å²) in [5.41, 5.74) is 1.36. The molecule has 0 saturated heterocycles. The van der Waals surface area contributed by atoms with Gasteiger partial charge in [-0.1, -0.05) is 0 Å². The molecule has 0 unspecified atom stereocenters. The molecule has 0 atom stereocenters. The van der Waals surface area contributed by atoms with Crippen molar-refractivity contribution < 1.29 is 4.39 Å². The van der Waals surface area contributed by atoms with E-state index in [1.165, 1.54) is 6.33 Å². The van der Waals surface area contributed by atoms with E-state index in [1.807, 2.05) is 12.1 Å². The van der Waals surface area contributed by atoms with Gasteiger partial charge in [0, 0.05) is 18.9 Å². The number of anilines is 1. The molecule has 0 amide bonds. The van der Waals surface area contributed by atoms with Crippen LogP contribution in [0.2, 0.25) is 0 Å². The van der Waals surface area contributed by atoms with Crippen LogP contribution in [0.25, 0.3) is 0 Å². The zero-order valence-corrected chi connectivity index (χ0v) is 8.81. The molecule has 2 heterocycles. The van der Waals surface area contributed by atoms with Crippen molar-refractivity contribution in [2.75, 3.05) is 5.32 Å². The van der Waals surface area contributed by atoms with Crippen molar-refractivity contribution >= 4 is 5.82 Å². The minimum Gasteiger partial charge on any atom is -0.363 e. The molecule has 0 aromatic carbocycles. The summed E-state index contributed by atoms with van der Waals surface area (Å²) in [7, 11) is 0. The molecule has 0 fully saturated rings. The third kappa shape index (κ3) is 2.31. The van der Waals surface area contributed by atoms with Crippen molar-refractivity contribution in [2.24, 2.45) is 0 Å². The van der Waals surface area contributed by atoms with Crippen molar-refractivity contribution in [3.63, 3.8) is 0 Å². The van der Waals surface area contributed by atoms with Gasteiger partial charge in [-0.3, -0.25) is 4.98 Å². The molecular weight excluding hydrogens is 207 g/mol. The van der Waals surface area contributed by atoms with Gasteiger partial charge in [-0.15, -0.1) is 0 Å². The zero-order valence-electron chi connectivity index (χ0n) is 8.81. The molecule has 0 spiro atoms. The highest BCUT2D eigenvalue weighted by Gasteiger charge is 2.06. The molecule has 5 heteroatoms. The highest BCUT2D eigenvalue weighted by atomic mass is 19.1. The van der Waals surface area contributed by atoms with Crippen molar-refractivity contribution in [3.05, 3.63) is 47.9 Å². The normalized spacial score (nSPS) is 10.1. The first-order chi connectivity index (χ1) is 7.77. The molecule has 4 nitrogen and oxygen atoms in total. The zero-order chi connectivity index (χ0) is 11.4. The van der Waals surface area contributed by atoms with Crippen LogP contribution in [0, 0.1) is 12.7 Å². The summed E-state index contributed by atoms with van der Waals surface area (Å²) < 4.78 is 13.5. The Morgan fingerprint density at radius 2 is 2.00 bits per heavy atom. The van der Waals surface area contributed by atoms with Gasteiger partial charge >= 0.3 is 0 Å². The van der Waals surface area contributed by atoms with Crippen molar-refractivity contribution in [1.29, 1.82) is 0 Å². The number of hydrogen-bond donors (Lipinski definition) is 1. The van der Waals surface area contributed by atoms with Gasteiger partial charge in [0.05, 0.1) is 5.69 Å². The SMILES string of the molecule is Cc1ncnc(NCc2ccncc2)c1F. The standard InChI is InChI=1S/C11H11FN4/c1-8-10(12)11(16-7-15-8)14-6-9-2-4-13-5-3-9/h2-5,7H,6H2,1H3,(H,14,15,16). The Labute approximate surface area is 92.6 Å². The largest absolute Gasteiger partial charge is 0.363 e. The maximum Gasteiger partial charge on any atom is 0.186 e. The van der Waals surface area contributed by atoms with Gasteiger partial charge in [0.15, 0.2) is 11.6 Å². The molecule has 0 bridgehead atoms. The maximum absolute atomic E-state index is 13.5. The summed E-state index contributed by atoms with van der Waals surface area (Å²) in [6.45, 7) is 2.12. The lowest BCUT2D eigenvalue weighted by Crippen LogP contribution is -2.05. The third-order valence-electron chi connectivity index (χ3n) is 2.17. The van der Waals surface area contributed by atoms with Gasteiger partial charge in [0.25, 0.3) is 0 Å². The number of nitrogens with one attached hydrogen (secondary N) is 1. The summed E-state index contributed by atoms with van der Waals surface area (Å²) >= 11 is 0. The summed E-state index contributed by atoms with van der Waals surface area (Å²) in [6.07, 6.45) is 4.73. The highest BCUT2D eigenvalue weighted by molar-refractivity contribution is 5.37. The topological polar surface area (TPSA) is 50.7 Å². The fourth-order valence-electron chi connectivity index (χ4n) is 1.27. The van der Waals surface area contributed by atoms with E-state index in [9.17, 15) is 4.39 Å². The van der Waals surface area contributed by atoms with Crippen LogP contribution in [0.4, 0.5) is 10.2 Å². The molecule has 16 heavy (non-hydrogen) atoms. The van der Waals surface area contributed by atoms with Gasteiger partial charge in [-0.05, 0) is 24.6 Å². The molecule has 0 aliphatic heterocycles. The Morgan fingerprint density at radius 3 is 2.75 bits per heavy atom. The quantitative estimate of drug-likeness (QED) is 0.855. The maximum atomic E-state index is 13.5. The van der Waals surface area contributed by atoms with Crippen LogP contribution in [-0.2, 0) is 6.54 Å². The number of rotatable bonds is 3. The van der Waals surface area contributed by atoms with Gasteiger partial charge in [-0.25, -0.2) is 14.4 Å². The first kappa shape index (κ1) is 10.5. The lowest BCUT2D eigenvalue weighted by Gasteiger charge is -2.06. The Kier molecular flexibility index (Phi) is 3.05. The van der Waals surface area contributed by atoms with Crippen LogP contribution in [0.15, 0.2) is 30.9 Å². The molecule has 0 saturated carbocycles. The molecule has 2 aromatic heterocycles. The molecule has 0 radical (unpaired) electrons. The second kappa shape index (κ2) is 4.65. The molecule has 0 aliphatic rings. The lowest BCUT2D eigenvalue weighted by molar-refractivity contribution is 0.604. The average Bonchev–Trinajstić information content (AvgIpc) is 2.32. The van der Waals surface area contributed by atoms with Crippen molar-refractivity contribution in [2.45, 2.75) is 13.5 Å². The predicted octanol–water partition coefficient (Wildman–Crippen LogP) is 1.93. The Balaban J connectivity index is 2.08. The fourth-order valence-corrected chi connectivity index (χ4v) is 1.27. The summed E-state index contributed by atoms with van der Waals surface area (Å²) in [6, 6.07) is 3.72. The number of nitrogens with zero attached hydrogens (tertiary/aromatic N) is 3. The smallest absolute Gasteiger partial charge is 0.186 e. The first-order valence-corrected chi connectivity index (χ1v) is 4.87. The summed E-state index contributed by atoms with van der Waals surface area (Å²) in [5.74, 6) is -0.180. The minimum absolute atomic E-state index is 0.226. The Morgan fingerprint density at radius 1 is 1.25 bits per heavy atom.